The summed E-state index contributed by atoms with van der Waals surface area (Å²) < 4.78 is 5.79. The fourth-order valence-corrected chi connectivity index (χ4v) is 3.14. The second-order valence-electron chi connectivity index (χ2n) is 5.36. The van der Waals surface area contributed by atoms with Crippen LogP contribution in [0.3, 0.4) is 0 Å². The molecule has 1 aromatic carbocycles. The van der Waals surface area contributed by atoms with Crippen molar-refractivity contribution in [1.82, 2.24) is 0 Å². The molecule has 2 fully saturated rings. The van der Waals surface area contributed by atoms with Crippen molar-refractivity contribution in [2.75, 3.05) is 0 Å². The van der Waals surface area contributed by atoms with Crippen molar-refractivity contribution < 1.29 is 9.66 Å². The van der Waals surface area contributed by atoms with E-state index in [4.69, 9.17) is 10.5 Å². The highest BCUT2D eigenvalue weighted by Crippen LogP contribution is 2.41. The molecule has 2 bridgehead atoms. The quantitative estimate of drug-likeness (QED) is 0.653. The largest absolute Gasteiger partial charge is 0.373 e. The van der Waals surface area contributed by atoms with Crippen LogP contribution in [0.1, 0.15) is 24.8 Å². The van der Waals surface area contributed by atoms with Crippen LogP contribution in [0.15, 0.2) is 24.3 Å². The van der Waals surface area contributed by atoms with E-state index < -0.39 is 0 Å². The molecule has 0 amide bonds. The van der Waals surface area contributed by atoms with Gasteiger partial charge in [-0.25, -0.2) is 0 Å². The monoisotopic (exact) mass is 248 g/mol. The molecule has 3 unspecified atom stereocenters. The molecule has 2 aliphatic heterocycles. The molecule has 5 heteroatoms. The molecular weight excluding hydrogens is 232 g/mol. The zero-order valence-electron chi connectivity index (χ0n) is 10.0. The van der Waals surface area contributed by atoms with Crippen molar-refractivity contribution in [1.29, 1.82) is 0 Å². The van der Waals surface area contributed by atoms with E-state index in [9.17, 15) is 10.1 Å². The zero-order valence-corrected chi connectivity index (χ0v) is 10.0. The molecule has 1 aromatic rings. The summed E-state index contributed by atoms with van der Waals surface area (Å²) in [5, 5.41) is 10.6. The van der Waals surface area contributed by atoms with E-state index >= 15 is 0 Å². The first kappa shape index (κ1) is 11.6. The van der Waals surface area contributed by atoms with Gasteiger partial charge in [-0.15, -0.1) is 0 Å². The number of nitrogens with two attached hydrogens (primary N) is 1. The van der Waals surface area contributed by atoms with Crippen LogP contribution in [0.2, 0.25) is 0 Å². The normalized spacial score (nSPS) is 33.8. The van der Waals surface area contributed by atoms with Gasteiger partial charge in [0, 0.05) is 17.7 Å². The number of nitro benzene ring substituents is 1. The Labute approximate surface area is 105 Å². The van der Waals surface area contributed by atoms with Crippen molar-refractivity contribution in [3.8, 4) is 0 Å². The topological polar surface area (TPSA) is 78.4 Å². The van der Waals surface area contributed by atoms with Crippen molar-refractivity contribution in [3.63, 3.8) is 0 Å². The van der Waals surface area contributed by atoms with E-state index in [1.54, 1.807) is 12.1 Å². The number of fused-ring (bicyclic) bond motifs is 2. The van der Waals surface area contributed by atoms with Gasteiger partial charge in [-0.05, 0) is 31.2 Å². The van der Waals surface area contributed by atoms with Gasteiger partial charge >= 0.3 is 0 Å². The lowest BCUT2D eigenvalue weighted by atomic mass is 9.78. The van der Waals surface area contributed by atoms with E-state index in [1.165, 1.54) is 12.1 Å². The molecule has 96 valence electrons. The van der Waals surface area contributed by atoms with E-state index in [1.807, 2.05) is 0 Å². The molecule has 0 aromatic heterocycles. The van der Waals surface area contributed by atoms with Crippen LogP contribution in [0.5, 0.6) is 0 Å². The van der Waals surface area contributed by atoms with Crippen LogP contribution in [0.25, 0.3) is 0 Å². The van der Waals surface area contributed by atoms with Gasteiger partial charge in [0.25, 0.3) is 5.69 Å². The number of ether oxygens (including phenoxy) is 1. The van der Waals surface area contributed by atoms with Crippen LogP contribution in [-0.2, 0) is 11.2 Å². The molecule has 0 aliphatic carbocycles. The van der Waals surface area contributed by atoms with Crippen molar-refractivity contribution in [2.45, 2.75) is 43.4 Å². The van der Waals surface area contributed by atoms with Crippen LogP contribution >= 0.6 is 0 Å². The molecule has 0 spiro atoms. The molecule has 3 atom stereocenters. The Balaban J connectivity index is 1.75. The molecule has 2 N–H and O–H groups in total. The summed E-state index contributed by atoms with van der Waals surface area (Å²) in [6.45, 7) is 0. The number of benzene rings is 1. The number of rotatable bonds is 3. The summed E-state index contributed by atoms with van der Waals surface area (Å²) in [6, 6.07) is 6.65. The SMILES string of the molecule is NC1(Cc2ccc([N+](=O)[O-])cc2)CC2CCC1O2. The molecule has 5 nitrogen and oxygen atoms in total. The van der Waals surface area contributed by atoms with E-state index in [0.29, 0.717) is 6.10 Å². The highest BCUT2D eigenvalue weighted by atomic mass is 16.6. The van der Waals surface area contributed by atoms with Gasteiger partial charge in [-0.2, -0.15) is 0 Å². The summed E-state index contributed by atoms with van der Waals surface area (Å²) in [7, 11) is 0. The Morgan fingerprint density at radius 3 is 2.61 bits per heavy atom. The summed E-state index contributed by atoms with van der Waals surface area (Å²) in [6.07, 6.45) is 4.24. The highest BCUT2D eigenvalue weighted by molar-refractivity contribution is 5.34. The third-order valence-corrected chi connectivity index (χ3v) is 4.04. The number of nitrogens with zero attached hydrogens (tertiary/aromatic N) is 1. The molecule has 0 saturated carbocycles. The minimum Gasteiger partial charge on any atom is -0.373 e. The Morgan fingerprint density at radius 2 is 2.11 bits per heavy atom. The third kappa shape index (κ3) is 1.89. The maximum atomic E-state index is 10.6. The van der Waals surface area contributed by atoms with Gasteiger partial charge < -0.3 is 10.5 Å². The second kappa shape index (κ2) is 4.03. The minimum absolute atomic E-state index is 0.119. The molecule has 2 heterocycles. The first-order valence-electron chi connectivity index (χ1n) is 6.24. The zero-order chi connectivity index (χ0) is 12.8. The summed E-state index contributed by atoms with van der Waals surface area (Å²) in [5.74, 6) is 0. The first-order valence-corrected chi connectivity index (χ1v) is 6.24. The molecule has 0 radical (unpaired) electrons. The van der Waals surface area contributed by atoms with E-state index in [2.05, 4.69) is 0 Å². The van der Waals surface area contributed by atoms with E-state index in [-0.39, 0.29) is 22.3 Å². The maximum Gasteiger partial charge on any atom is 0.269 e. The minimum atomic E-state index is -0.386. The smallest absolute Gasteiger partial charge is 0.269 e. The molecule has 3 rings (SSSR count). The van der Waals surface area contributed by atoms with Crippen molar-refractivity contribution >= 4 is 5.69 Å². The van der Waals surface area contributed by atoms with Gasteiger partial charge in [0.15, 0.2) is 0 Å². The van der Waals surface area contributed by atoms with Crippen molar-refractivity contribution in [2.24, 2.45) is 5.73 Å². The van der Waals surface area contributed by atoms with Crippen molar-refractivity contribution in [3.05, 3.63) is 39.9 Å². The van der Waals surface area contributed by atoms with Gasteiger partial charge in [0.05, 0.1) is 17.1 Å². The Bertz CT molecular complexity index is 474. The fraction of sp³-hybridized carbons (Fsp3) is 0.538. The number of hydrogen-bond donors (Lipinski definition) is 1. The van der Waals surface area contributed by atoms with Crippen LogP contribution < -0.4 is 5.73 Å². The van der Waals surface area contributed by atoms with Gasteiger partial charge in [0.1, 0.15) is 0 Å². The van der Waals surface area contributed by atoms with E-state index in [0.717, 1.165) is 31.2 Å². The highest BCUT2D eigenvalue weighted by Gasteiger charge is 2.49. The standard InChI is InChI=1S/C13H16N2O3/c14-13(8-11-5-6-12(13)18-11)7-9-1-3-10(4-2-9)15(16)17/h1-4,11-12H,5-8,14H2. The predicted molar refractivity (Wildman–Crippen MR) is 66.2 cm³/mol. The van der Waals surface area contributed by atoms with Crippen LogP contribution in [0, 0.1) is 10.1 Å². The fourth-order valence-electron chi connectivity index (χ4n) is 3.14. The Kier molecular flexibility index (Phi) is 2.60. The number of nitro groups is 1. The van der Waals surface area contributed by atoms with Crippen LogP contribution in [-0.4, -0.2) is 22.7 Å². The van der Waals surface area contributed by atoms with Crippen LogP contribution in [0.4, 0.5) is 5.69 Å². The van der Waals surface area contributed by atoms with Gasteiger partial charge in [0.2, 0.25) is 0 Å². The number of hydrogen-bond acceptors (Lipinski definition) is 4. The predicted octanol–water partition coefficient (Wildman–Crippen LogP) is 1.79. The molecule has 2 aliphatic rings. The lowest BCUT2D eigenvalue weighted by Gasteiger charge is -2.31. The molecule has 2 saturated heterocycles. The molecular formula is C13H16N2O3. The second-order valence-corrected chi connectivity index (χ2v) is 5.36. The average Bonchev–Trinajstić information content (AvgIpc) is 2.89. The molecule has 18 heavy (non-hydrogen) atoms. The van der Waals surface area contributed by atoms with Gasteiger partial charge in [-0.3, -0.25) is 10.1 Å². The Morgan fingerprint density at radius 1 is 1.39 bits per heavy atom. The number of non-ortho nitro benzene ring substituents is 1. The third-order valence-electron chi connectivity index (χ3n) is 4.04. The summed E-state index contributed by atoms with van der Waals surface area (Å²) in [5.41, 5.74) is 7.28. The summed E-state index contributed by atoms with van der Waals surface area (Å²) >= 11 is 0. The average molecular weight is 248 g/mol. The lowest BCUT2D eigenvalue weighted by molar-refractivity contribution is -0.384. The Hall–Kier alpha value is -1.46. The lowest BCUT2D eigenvalue weighted by Crippen LogP contribution is -2.50. The van der Waals surface area contributed by atoms with Gasteiger partial charge in [-0.1, -0.05) is 12.1 Å². The maximum absolute atomic E-state index is 10.6. The first-order chi connectivity index (χ1) is 8.57. The summed E-state index contributed by atoms with van der Waals surface area (Å²) in [4.78, 5) is 10.2.